The van der Waals surface area contributed by atoms with E-state index in [9.17, 15) is 9.59 Å². The number of amides is 1. The Morgan fingerprint density at radius 1 is 1.24 bits per heavy atom. The summed E-state index contributed by atoms with van der Waals surface area (Å²) >= 11 is 0. The average molecular weight is 298 g/mol. The number of carboxylic acid groups (broad SMARTS) is 1. The molecule has 2 fully saturated rings. The zero-order valence-corrected chi connectivity index (χ0v) is 13.3. The number of carbonyl (C=O) groups excluding carboxylic acids is 1. The van der Waals surface area contributed by atoms with Gasteiger partial charge in [-0.3, -0.25) is 4.79 Å². The van der Waals surface area contributed by atoms with E-state index in [1.54, 1.807) is 6.92 Å². The van der Waals surface area contributed by atoms with E-state index >= 15 is 0 Å². The summed E-state index contributed by atoms with van der Waals surface area (Å²) in [6.45, 7) is 7.27. The number of nitrogens with zero attached hydrogens (tertiary/aromatic N) is 1. The number of hydrogen-bond donors (Lipinski definition) is 2. The summed E-state index contributed by atoms with van der Waals surface area (Å²) < 4.78 is 5.49. The third kappa shape index (κ3) is 3.87. The van der Waals surface area contributed by atoms with E-state index in [4.69, 9.17) is 9.84 Å². The quantitative estimate of drug-likeness (QED) is 0.833. The minimum absolute atomic E-state index is 0.160. The molecule has 1 amide bonds. The van der Waals surface area contributed by atoms with Gasteiger partial charge in [0.1, 0.15) is 11.6 Å². The summed E-state index contributed by atoms with van der Waals surface area (Å²) in [5.41, 5.74) is -0.483. The highest BCUT2D eigenvalue weighted by Gasteiger charge is 2.45. The lowest BCUT2D eigenvalue weighted by Crippen LogP contribution is -2.54. The van der Waals surface area contributed by atoms with Crippen LogP contribution in [0.1, 0.15) is 53.4 Å². The fraction of sp³-hybridized carbons (Fsp3) is 0.867. The third-order valence-electron chi connectivity index (χ3n) is 4.19. The number of piperidine rings is 1. The molecule has 0 aliphatic carbocycles. The average Bonchev–Trinajstić information content (AvgIpc) is 2.59. The molecule has 0 radical (unpaired) electrons. The number of carbonyl (C=O) groups is 2. The van der Waals surface area contributed by atoms with Crippen LogP contribution in [0.15, 0.2) is 0 Å². The van der Waals surface area contributed by atoms with Gasteiger partial charge in [0.2, 0.25) is 0 Å². The molecule has 0 aromatic rings. The zero-order chi connectivity index (χ0) is 15.8. The lowest BCUT2D eigenvalue weighted by Gasteiger charge is -2.40. The van der Waals surface area contributed by atoms with Crippen LogP contribution in [0.4, 0.5) is 4.79 Å². The normalized spacial score (nSPS) is 30.1. The summed E-state index contributed by atoms with van der Waals surface area (Å²) in [6.07, 6.45) is 3.31. The Hall–Kier alpha value is -1.30. The molecule has 21 heavy (non-hydrogen) atoms. The molecule has 0 spiro atoms. The second-order valence-corrected chi connectivity index (χ2v) is 7.17. The lowest BCUT2D eigenvalue weighted by atomic mass is 9.97. The predicted octanol–water partition coefficient (Wildman–Crippen LogP) is 1.98. The van der Waals surface area contributed by atoms with Crippen LogP contribution in [0.5, 0.6) is 0 Å². The number of carboxylic acids is 1. The van der Waals surface area contributed by atoms with Crippen LogP contribution in [0.3, 0.4) is 0 Å². The second-order valence-electron chi connectivity index (χ2n) is 7.17. The van der Waals surface area contributed by atoms with Gasteiger partial charge >= 0.3 is 12.1 Å². The van der Waals surface area contributed by atoms with Crippen molar-refractivity contribution in [2.45, 2.75) is 83.1 Å². The Bertz CT molecular complexity index is 404. The van der Waals surface area contributed by atoms with E-state index in [-0.39, 0.29) is 24.2 Å². The number of nitrogens with one attached hydrogen (secondary N) is 1. The molecule has 0 saturated carbocycles. The van der Waals surface area contributed by atoms with Gasteiger partial charge in [-0.1, -0.05) is 0 Å². The molecule has 2 rings (SSSR count). The number of fused-ring (bicyclic) bond motifs is 2. The van der Waals surface area contributed by atoms with Gasteiger partial charge in [0, 0.05) is 18.1 Å². The first-order valence-corrected chi connectivity index (χ1v) is 7.67. The molecule has 6 nitrogen and oxygen atoms in total. The maximum Gasteiger partial charge on any atom is 0.410 e. The van der Waals surface area contributed by atoms with E-state index < -0.39 is 17.6 Å². The van der Waals surface area contributed by atoms with Gasteiger partial charge in [0.15, 0.2) is 0 Å². The number of rotatable bonds is 3. The van der Waals surface area contributed by atoms with Crippen LogP contribution in [-0.2, 0) is 9.53 Å². The van der Waals surface area contributed by atoms with Crippen LogP contribution < -0.4 is 5.32 Å². The highest BCUT2D eigenvalue weighted by molar-refractivity contribution is 5.73. The molecule has 0 aromatic carbocycles. The topological polar surface area (TPSA) is 78.9 Å². The highest BCUT2D eigenvalue weighted by Crippen LogP contribution is 2.36. The first-order valence-electron chi connectivity index (χ1n) is 7.67. The van der Waals surface area contributed by atoms with E-state index in [1.807, 2.05) is 25.7 Å². The van der Waals surface area contributed by atoms with Crippen LogP contribution >= 0.6 is 0 Å². The molecule has 3 atom stereocenters. The monoisotopic (exact) mass is 298 g/mol. The molecule has 2 aliphatic rings. The summed E-state index contributed by atoms with van der Waals surface area (Å²) in [7, 11) is 0. The van der Waals surface area contributed by atoms with Gasteiger partial charge in [-0.2, -0.15) is 0 Å². The van der Waals surface area contributed by atoms with Crippen LogP contribution in [-0.4, -0.2) is 51.8 Å². The van der Waals surface area contributed by atoms with Crippen molar-refractivity contribution >= 4 is 12.1 Å². The maximum absolute atomic E-state index is 12.3. The molecule has 120 valence electrons. The van der Waals surface area contributed by atoms with Gasteiger partial charge in [-0.25, -0.2) is 4.79 Å². The predicted molar refractivity (Wildman–Crippen MR) is 78.1 cm³/mol. The summed E-state index contributed by atoms with van der Waals surface area (Å²) in [5, 5.41) is 12.1. The molecular formula is C15H26N2O4. The van der Waals surface area contributed by atoms with Crippen LogP contribution in [0.25, 0.3) is 0 Å². The van der Waals surface area contributed by atoms with Crippen molar-refractivity contribution in [3.8, 4) is 0 Å². The lowest BCUT2D eigenvalue weighted by molar-refractivity contribution is -0.139. The minimum atomic E-state index is -0.836. The van der Waals surface area contributed by atoms with E-state index in [2.05, 4.69) is 5.32 Å². The Morgan fingerprint density at radius 2 is 1.76 bits per heavy atom. The van der Waals surface area contributed by atoms with Gasteiger partial charge in [0.25, 0.3) is 0 Å². The third-order valence-corrected chi connectivity index (χ3v) is 4.19. The van der Waals surface area contributed by atoms with Crippen molar-refractivity contribution in [3.63, 3.8) is 0 Å². The van der Waals surface area contributed by atoms with Crippen LogP contribution in [0, 0.1) is 0 Å². The molecule has 0 aromatic heterocycles. The molecular weight excluding hydrogens is 272 g/mol. The van der Waals surface area contributed by atoms with Gasteiger partial charge in [-0.15, -0.1) is 0 Å². The number of aliphatic carboxylic acids is 1. The zero-order valence-electron chi connectivity index (χ0n) is 13.3. The Balaban J connectivity index is 1.96. The van der Waals surface area contributed by atoms with Crippen molar-refractivity contribution in [1.29, 1.82) is 0 Å². The van der Waals surface area contributed by atoms with Gasteiger partial charge in [-0.05, 0) is 53.4 Å². The van der Waals surface area contributed by atoms with E-state index in [0.29, 0.717) is 0 Å². The minimum Gasteiger partial charge on any atom is -0.480 e. The Labute approximate surface area is 125 Å². The first-order chi connectivity index (χ1) is 9.67. The highest BCUT2D eigenvalue weighted by atomic mass is 16.6. The molecule has 2 N–H and O–H groups in total. The molecule has 3 unspecified atom stereocenters. The maximum atomic E-state index is 12.3. The van der Waals surface area contributed by atoms with Gasteiger partial charge < -0.3 is 20.1 Å². The molecule has 2 saturated heterocycles. The summed E-state index contributed by atoms with van der Waals surface area (Å²) in [6, 6.07) is -0.0658. The van der Waals surface area contributed by atoms with E-state index in [1.165, 1.54) is 0 Å². The summed E-state index contributed by atoms with van der Waals surface area (Å²) in [5.74, 6) is -0.836. The Kier molecular flexibility index (Phi) is 4.46. The first kappa shape index (κ1) is 16.1. The fourth-order valence-electron chi connectivity index (χ4n) is 3.35. The number of hydrogen-bond acceptors (Lipinski definition) is 4. The van der Waals surface area contributed by atoms with Crippen molar-refractivity contribution in [1.82, 2.24) is 10.2 Å². The van der Waals surface area contributed by atoms with E-state index in [0.717, 1.165) is 25.7 Å². The smallest absolute Gasteiger partial charge is 0.410 e. The molecule has 2 aliphatic heterocycles. The van der Waals surface area contributed by atoms with Crippen molar-refractivity contribution in [2.75, 3.05) is 0 Å². The Morgan fingerprint density at radius 3 is 2.19 bits per heavy atom. The summed E-state index contributed by atoms with van der Waals surface area (Å²) in [4.78, 5) is 25.1. The SMILES string of the molecule is CC(NC1CC2CCC(C1)N2C(=O)OC(C)(C)C)C(=O)O. The van der Waals surface area contributed by atoms with Gasteiger partial charge in [0.05, 0.1) is 0 Å². The van der Waals surface area contributed by atoms with Crippen LogP contribution in [0.2, 0.25) is 0 Å². The second kappa shape index (κ2) is 5.83. The largest absolute Gasteiger partial charge is 0.480 e. The standard InChI is InChI=1S/C15H26N2O4/c1-9(13(18)19)16-10-7-11-5-6-12(8-10)17(11)14(20)21-15(2,3)4/h9-12,16H,5-8H2,1-4H3,(H,18,19). The molecule has 2 heterocycles. The molecule has 6 heteroatoms. The van der Waals surface area contributed by atoms with Crippen molar-refractivity contribution < 1.29 is 19.4 Å². The molecule has 2 bridgehead atoms. The fourth-order valence-corrected chi connectivity index (χ4v) is 3.35. The van der Waals surface area contributed by atoms with Crippen molar-refractivity contribution in [2.24, 2.45) is 0 Å². The van der Waals surface area contributed by atoms with Crippen molar-refractivity contribution in [3.05, 3.63) is 0 Å². The number of ether oxygens (including phenoxy) is 1.